The van der Waals surface area contributed by atoms with Crippen molar-refractivity contribution in [3.63, 3.8) is 0 Å². The number of halogens is 2. The van der Waals surface area contributed by atoms with Crippen molar-refractivity contribution in [1.29, 1.82) is 0 Å². The molecule has 0 unspecified atom stereocenters. The second kappa shape index (κ2) is 5.44. The van der Waals surface area contributed by atoms with E-state index in [1.807, 2.05) is 0 Å². The van der Waals surface area contributed by atoms with E-state index in [1.165, 1.54) is 25.3 Å². The molecule has 1 aromatic carbocycles. The summed E-state index contributed by atoms with van der Waals surface area (Å²) in [7, 11) is 1.42. The van der Waals surface area contributed by atoms with Crippen molar-refractivity contribution in [2.24, 2.45) is 0 Å². The fourth-order valence-electron chi connectivity index (χ4n) is 1.49. The summed E-state index contributed by atoms with van der Waals surface area (Å²) in [5.74, 6) is -0.0637. The smallest absolute Gasteiger partial charge is 0.165 e. The van der Waals surface area contributed by atoms with Gasteiger partial charge < -0.3 is 10.1 Å². The van der Waals surface area contributed by atoms with Crippen molar-refractivity contribution in [1.82, 2.24) is 4.98 Å². The van der Waals surface area contributed by atoms with Gasteiger partial charge in [-0.3, -0.25) is 0 Å². The topological polar surface area (TPSA) is 34.1 Å². The summed E-state index contributed by atoms with van der Waals surface area (Å²) in [6, 6.07) is 7.53. The molecule has 0 saturated heterocycles. The lowest BCUT2D eigenvalue weighted by Crippen LogP contribution is -2.02. The molecule has 94 valence electrons. The number of hydrogen-bond acceptors (Lipinski definition) is 3. The van der Waals surface area contributed by atoms with Gasteiger partial charge in [0, 0.05) is 6.54 Å². The maximum atomic E-state index is 13.4. The molecule has 0 bridgehead atoms. The zero-order valence-corrected chi connectivity index (χ0v) is 9.78. The van der Waals surface area contributed by atoms with Gasteiger partial charge in [-0.25, -0.2) is 13.8 Å². The van der Waals surface area contributed by atoms with Crippen LogP contribution in [-0.4, -0.2) is 12.1 Å². The summed E-state index contributed by atoms with van der Waals surface area (Å²) in [4.78, 5) is 3.84. The molecule has 0 aliphatic heterocycles. The second-order valence-corrected chi connectivity index (χ2v) is 3.68. The van der Waals surface area contributed by atoms with E-state index < -0.39 is 11.6 Å². The molecule has 0 aliphatic rings. The van der Waals surface area contributed by atoms with Gasteiger partial charge in [-0.1, -0.05) is 6.07 Å². The average Bonchev–Trinajstić information content (AvgIpc) is 2.38. The van der Waals surface area contributed by atoms with Crippen LogP contribution in [0, 0.1) is 11.6 Å². The Kier molecular flexibility index (Phi) is 3.72. The van der Waals surface area contributed by atoms with E-state index in [9.17, 15) is 8.78 Å². The van der Waals surface area contributed by atoms with Crippen LogP contribution in [0.3, 0.4) is 0 Å². The Balaban J connectivity index is 2.02. The first kappa shape index (κ1) is 12.3. The quantitative estimate of drug-likeness (QED) is 0.905. The maximum absolute atomic E-state index is 13.4. The van der Waals surface area contributed by atoms with Crippen LogP contribution in [0.4, 0.5) is 14.6 Å². The normalized spacial score (nSPS) is 10.2. The van der Waals surface area contributed by atoms with Crippen molar-refractivity contribution in [3.8, 4) is 5.75 Å². The lowest BCUT2D eigenvalue weighted by Gasteiger charge is -2.07. The molecule has 0 saturated carbocycles. The van der Waals surface area contributed by atoms with E-state index in [-0.39, 0.29) is 5.75 Å². The molecule has 0 atom stereocenters. The monoisotopic (exact) mass is 250 g/mol. The predicted molar refractivity (Wildman–Crippen MR) is 64.5 cm³/mol. The predicted octanol–water partition coefficient (Wildman–Crippen LogP) is 2.98. The fourth-order valence-corrected chi connectivity index (χ4v) is 1.49. The van der Waals surface area contributed by atoms with E-state index in [0.29, 0.717) is 12.4 Å². The van der Waals surface area contributed by atoms with Crippen LogP contribution in [0.5, 0.6) is 5.75 Å². The Labute approximate surface area is 103 Å². The summed E-state index contributed by atoms with van der Waals surface area (Å²) in [6.45, 7) is 0.402. The number of anilines is 1. The minimum Gasteiger partial charge on any atom is -0.494 e. The van der Waals surface area contributed by atoms with Crippen LogP contribution in [0.15, 0.2) is 36.5 Å². The van der Waals surface area contributed by atoms with Gasteiger partial charge in [-0.15, -0.1) is 0 Å². The highest BCUT2D eigenvalue weighted by molar-refractivity contribution is 5.36. The molecular formula is C13H12F2N2O. The number of aromatic nitrogens is 1. The Hall–Kier alpha value is -2.17. The largest absolute Gasteiger partial charge is 0.494 e. The number of nitrogens with zero attached hydrogens (tertiary/aromatic N) is 1. The van der Waals surface area contributed by atoms with Crippen LogP contribution >= 0.6 is 0 Å². The average molecular weight is 250 g/mol. The Bertz CT molecular complexity index is 529. The van der Waals surface area contributed by atoms with Crippen molar-refractivity contribution >= 4 is 5.82 Å². The molecule has 2 aromatic rings. The molecule has 1 heterocycles. The number of rotatable bonds is 4. The Morgan fingerprint density at radius 3 is 2.67 bits per heavy atom. The highest BCUT2D eigenvalue weighted by Crippen LogP contribution is 2.18. The van der Waals surface area contributed by atoms with Gasteiger partial charge in [0.15, 0.2) is 11.6 Å². The van der Waals surface area contributed by atoms with E-state index in [1.54, 1.807) is 12.1 Å². The molecule has 3 nitrogen and oxygen atoms in total. The highest BCUT2D eigenvalue weighted by atomic mass is 19.1. The van der Waals surface area contributed by atoms with Gasteiger partial charge in [0.05, 0.1) is 13.3 Å². The summed E-state index contributed by atoms with van der Waals surface area (Å²) in [5, 5.41) is 2.97. The highest BCUT2D eigenvalue weighted by Gasteiger charge is 2.03. The third kappa shape index (κ3) is 2.94. The molecule has 0 fully saturated rings. The minimum atomic E-state index is -0.413. The van der Waals surface area contributed by atoms with Gasteiger partial charge in [0.25, 0.3) is 0 Å². The molecule has 1 N–H and O–H groups in total. The molecule has 5 heteroatoms. The molecule has 1 aromatic heterocycles. The lowest BCUT2D eigenvalue weighted by atomic mass is 10.2. The van der Waals surface area contributed by atoms with Gasteiger partial charge in [0.2, 0.25) is 0 Å². The molecular weight excluding hydrogens is 238 g/mol. The van der Waals surface area contributed by atoms with Gasteiger partial charge >= 0.3 is 0 Å². The van der Waals surface area contributed by atoms with E-state index in [4.69, 9.17) is 4.74 Å². The second-order valence-electron chi connectivity index (χ2n) is 3.68. The van der Waals surface area contributed by atoms with E-state index >= 15 is 0 Å². The maximum Gasteiger partial charge on any atom is 0.165 e. The van der Waals surface area contributed by atoms with Crippen LogP contribution < -0.4 is 10.1 Å². The standard InChI is InChI=1S/C13H12F2N2O/c1-18-12-4-2-9(6-11(12)15)7-16-13-5-3-10(14)8-17-13/h2-6,8H,7H2,1H3,(H,16,17). The number of benzene rings is 1. The summed E-state index contributed by atoms with van der Waals surface area (Å²) in [6.07, 6.45) is 1.12. The summed E-state index contributed by atoms with van der Waals surface area (Å²) in [5.41, 5.74) is 0.749. The number of pyridine rings is 1. The third-order valence-electron chi connectivity index (χ3n) is 2.42. The number of ether oxygens (including phenoxy) is 1. The number of nitrogens with one attached hydrogen (secondary N) is 1. The molecule has 0 spiro atoms. The van der Waals surface area contributed by atoms with Crippen molar-refractivity contribution in [2.45, 2.75) is 6.54 Å². The van der Waals surface area contributed by atoms with Gasteiger partial charge in [-0.2, -0.15) is 0 Å². The summed E-state index contributed by atoms with van der Waals surface area (Å²) < 4.78 is 30.9. The molecule has 0 amide bonds. The fraction of sp³-hybridized carbons (Fsp3) is 0.154. The first-order chi connectivity index (χ1) is 8.69. The molecule has 0 aliphatic carbocycles. The third-order valence-corrected chi connectivity index (χ3v) is 2.42. The van der Waals surface area contributed by atoms with Gasteiger partial charge in [0.1, 0.15) is 11.6 Å². The summed E-state index contributed by atoms with van der Waals surface area (Å²) >= 11 is 0. The van der Waals surface area contributed by atoms with Crippen LogP contribution in [0.25, 0.3) is 0 Å². The van der Waals surface area contributed by atoms with E-state index in [0.717, 1.165) is 11.8 Å². The van der Waals surface area contributed by atoms with Crippen molar-refractivity contribution < 1.29 is 13.5 Å². The first-order valence-corrected chi connectivity index (χ1v) is 5.37. The number of hydrogen-bond donors (Lipinski definition) is 1. The molecule has 18 heavy (non-hydrogen) atoms. The van der Waals surface area contributed by atoms with Gasteiger partial charge in [-0.05, 0) is 29.8 Å². The Morgan fingerprint density at radius 2 is 2.06 bits per heavy atom. The zero-order valence-electron chi connectivity index (χ0n) is 9.78. The van der Waals surface area contributed by atoms with Crippen LogP contribution in [0.1, 0.15) is 5.56 Å². The number of methoxy groups -OCH3 is 1. The van der Waals surface area contributed by atoms with Crippen molar-refractivity contribution in [3.05, 3.63) is 53.7 Å². The van der Waals surface area contributed by atoms with Crippen LogP contribution in [0.2, 0.25) is 0 Å². The molecule has 2 rings (SSSR count). The SMILES string of the molecule is COc1ccc(CNc2ccc(F)cn2)cc1F. The first-order valence-electron chi connectivity index (χ1n) is 5.37. The zero-order chi connectivity index (χ0) is 13.0. The Morgan fingerprint density at radius 1 is 1.22 bits per heavy atom. The molecule has 0 radical (unpaired) electrons. The lowest BCUT2D eigenvalue weighted by molar-refractivity contribution is 0.386. The van der Waals surface area contributed by atoms with Crippen LogP contribution in [-0.2, 0) is 6.54 Å². The van der Waals surface area contributed by atoms with Crippen molar-refractivity contribution in [2.75, 3.05) is 12.4 Å². The minimum absolute atomic E-state index is 0.207. The van der Waals surface area contributed by atoms with E-state index in [2.05, 4.69) is 10.3 Å².